The van der Waals surface area contributed by atoms with Crippen LogP contribution in [0.5, 0.6) is 0 Å². The van der Waals surface area contributed by atoms with Gasteiger partial charge in [0.2, 0.25) is 0 Å². The Hall–Kier alpha value is -1.11. The molecule has 0 N–H and O–H groups in total. The van der Waals surface area contributed by atoms with E-state index in [1.807, 2.05) is 13.8 Å². The molecular formula is C11H13ClN2O3S. The quantitative estimate of drug-likeness (QED) is 0.799. The molecule has 0 amide bonds. The van der Waals surface area contributed by atoms with E-state index in [-0.39, 0.29) is 10.7 Å². The van der Waals surface area contributed by atoms with E-state index in [0.29, 0.717) is 23.7 Å². The Morgan fingerprint density at radius 1 is 1.39 bits per heavy atom. The van der Waals surface area contributed by atoms with Gasteiger partial charge in [-0.25, -0.2) is 5.06 Å². The van der Waals surface area contributed by atoms with E-state index >= 15 is 0 Å². The highest BCUT2D eigenvalue weighted by atomic mass is 35.5. The molecule has 1 aromatic carbocycles. The van der Waals surface area contributed by atoms with E-state index in [4.69, 9.17) is 16.4 Å². The number of nitrogens with zero attached hydrogens (tertiary/aromatic N) is 2. The molecule has 0 bridgehead atoms. The zero-order valence-corrected chi connectivity index (χ0v) is 11.6. The van der Waals surface area contributed by atoms with E-state index in [0.717, 1.165) is 0 Å². The molecular weight excluding hydrogens is 276 g/mol. The highest BCUT2D eigenvalue weighted by Gasteiger charge is 2.33. The Bertz CT molecular complexity index is 598. The summed E-state index contributed by atoms with van der Waals surface area (Å²) in [4.78, 5) is 5.49. The van der Waals surface area contributed by atoms with Gasteiger partial charge >= 0.3 is 0 Å². The van der Waals surface area contributed by atoms with Crippen molar-refractivity contribution in [2.24, 2.45) is 4.40 Å². The molecule has 0 unspecified atom stereocenters. The summed E-state index contributed by atoms with van der Waals surface area (Å²) in [7, 11) is -3.67. The number of sulfonamides is 1. The van der Waals surface area contributed by atoms with Crippen LogP contribution in [0.4, 0.5) is 0 Å². The van der Waals surface area contributed by atoms with Crippen LogP contribution in [0.3, 0.4) is 0 Å². The minimum Gasteiger partial charge on any atom is -0.272 e. The Morgan fingerprint density at radius 3 is 2.72 bits per heavy atom. The molecule has 0 fully saturated rings. The van der Waals surface area contributed by atoms with E-state index in [9.17, 15) is 8.42 Å². The number of rotatable bonds is 3. The van der Waals surface area contributed by atoms with Crippen LogP contribution in [0.15, 0.2) is 27.5 Å². The lowest BCUT2D eigenvalue weighted by molar-refractivity contribution is -0.0888. The van der Waals surface area contributed by atoms with E-state index in [1.165, 1.54) is 11.1 Å². The van der Waals surface area contributed by atoms with Crippen LogP contribution in [-0.2, 0) is 14.9 Å². The molecule has 5 nitrogen and oxygen atoms in total. The van der Waals surface area contributed by atoms with E-state index in [2.05, 4.69) is 4.40 Å². The molecule has 1 aliphatic heterocycles. The molecule has 0 radical (unpaired) electrons. The van der Waals surface area contributed by atoms with Crippen LogP contribution in [-0.4, -0.2) is 32.5 Å². The number of benzene rings is 1. The minimum atomic E-state index is -3.67. The van der Waals surface area contributed by atoms with Crippen LogP contribution in [0.2, 0.25) is 5.02 Å². The molecule has 1 aromatic rings. The number of hydrogen-bond acceptors (Lipinski definition) is 4. The summed E-state index contributed by atoms with van der Waals surface area (Å²) in [5, 5.41) is 1.79. The molecule has 7 heteroatoms. The molecule has 98 valence electrons. The fourth-order valence-corrected chi connectivity index (χ4v) is 3.31. The molecule has 1 heterocycles. The Labute approximate surface area is 111 Å². The first-order valence-corrected chi connectivity index (χ1v) is 7.37. The van der Waals surface area contributed by atoms with Crippen molar-refractivity contribution >= 4 is 27.5 Å². The van der Waals surface area contributed by atoms with Crippen molar-refractivity contribution in [1.29, 1.82) is 0 Å². The monoisotopic (exact) mass is 288 g/mol. The summed E-state index contributed by atoms with van der Waals surface area (Å²) < 4.78 is 27.6. The van der Waals surface area contributed by atoms with Gasteiger partial charge in [0.15, 0.2) is 5.84 Å². The first kappa shape index (κ1) is 13.3. The predicted octanol–water partition coefficient (Wildman–Crippen LogP) is 2.06. The number of hydroxylamine groups is 2. The van der Waals surface area contributed by atoms with Gasteiger partial charge in [0.1, 0.15) is 4.90 Å². The second-order valence-electron chi connectivity index (χ2n) is 3.62. The van der Waals surface area contributed by atoms with Crippen LogP contribution >= 0.6 is 11.6 Å². The van der Waals surface area contributed by atoms with Crippen molar-refractivity contribution in [3.05, 3.63) is 28.8 Å². The number of hydrogen-bond donors (Lipinski definition) is 0. The highest BCUT2D eigenvalue weighted by Crippen LogP contribution is 2.32. The normalized spacial score (nSPS) is 16.3. The summed E-state index contributed by atoms with van der Waals surface area (Å²) in [6.07, 6.45) is 0. The largest absolute Gasteiger partial charge is 0.285 e. The fourth-order valence-electron chi connectivity index (χ4n) is 1.77. The molecule has 0 atom stereocenters. The van der Waals surface area contributed by atoms with Crippen LogP contribution in [0.25, 0.3) is 0 Å². The van der Waals surface area contributed by atoms with Crippen LogP contribution in [0.1, 0.15) is 19.4 Å². The molecule has 0 aliphatic carbocycles. The number of amidine groups is 1. The van der Waals surface area contributed by atoms with Crippen molar-refractivity contribution in [3.63, 3.8) is 0 Å². The van der Waals surface area contributed by atoms with Gasteiger partial charge in [0, 0.05) is 6.54 Å². The van der Waals surface area contributed by atoms with Crippen molar-refractivity contribution in [2.45, 2.75) is 18.7 Å². The summed E-state index contributed by atoms with van der Waals surface area (Å²) in [6, 6.07) is 4.72. The number of fused-ring (bicyclic) bond motifs is 1. The summed E-state index contributed by atoms with van der Waals surface area (Å²) in [5.74, 6) is 0.250. The minimum absolute atomic E-state index is 0.128. The van der Waals surface area contributed by atoms with E-state index in [1.54, 1.807) is 12.1 Å². The average molecular weight is 289 g/mol. The van der Waals surface area contributed by atoms with Gasteiger partial charge in [-0.1, -0.05) is 17.7 Å². The lowest BCUT2D eigenvalue weighted by atomic mass is 10.2. The third-order valence-corrected chi connectivity index (χ3v) is 4.12. The zero-order valence-electron chi connectivity index (χ0n) is 10.1. The smallest absolute Gasteiger partial charge is 0.272 e. The number of halogens is 1. The highest BCUT2D eigenvalue weighted by molar-refractivity contribution is 7.90. The molecule has 0 spiro atoms. The molecule has 2 rings (SSSR count). The molecule has 0 aromatic heterocycles. The molecule has 0 saturated carbocycles. The SMILES string of the molecule is CCON(CC)C1=NS(=O)(=O)c2cccc(Cl)c21. The van der Waals surface area contributed by atoms with Gasteiger partial charge in [-0.2, -0.15) is 8.42 Å². The van der Waals surface area contributed by atoms with Crippen LogP contribution < -0.4 is 0 Å². The Balaban J connectivity index is 2.59. The van der Waals surface area contributed by atoms with E-state index < -0.39 is 10.0 Å². The van der Waals surface area contributed by atoms with Gasteiger partial charge in [-0.05, 0) is 26.0 Å². The summed E-state index contributed by atoms with van der Waals surface area (Å²) in [6.45, 7) is 4.57. The van der Waals surface area contributed by atoms with Gasteiger partial charge < -0.3 is 0 Å². The molecule has 0 saturated heterocycles. The van der Waals surface area contributed by atoms with Gasteiger partial charge in [0.05, 0.1) is 17.2 Å². The lowest BCUT2D eigenvalue weighted by Gasteiger charge is -2.21. The van der Waals surface area contributed by atoms with Gasteiger partial charge in [-0.15, -0.1) is 4.40 Å². The summed E-state index contributed by atoms with van der Waals surface area (Å²) >= 11 is 6.07. The van der Waals surface area contributed by atoms with Crippen molar-refractivity contribution in [3.8, 4) is 0 Å². The van der Waals surface area contributed by atoms with Gasteiger partial charge in [0.25, 0.3) is 10.0 Å². The first-order valence-electron chi connectivity index (χ1n) is 5.55. The second kappa shape index (κ2) is 4.87. The van der Waals surface area contributed by atoms with Crippen LogP contribution in [0, 0.1) is 0 Å². The average Bonchev–Trinajstić information content (AvgIpc) is 2.60. The maximum atomic E-state index is 11.9. The zero-order chi connectivity index (χ0) is 13.3. The fraction of sp³-hybridized carbons (Fsp3) is 0.364. The van der Waals surface area contributed by atoms with Gasteiger partial charge in [-0.3, -0.25) is 4.84 Å². The molecule has 1 aliphatic rings. The molecule has 18 heavy (non-hydrogen) atoms. The van der Waals surface area contributed by atoms with Crippen molar-refractivity contribution in [2.75, 3.05) is 13.2 Å². The Morgan fingerprint density at radius 2 is 2.11 bits per heavy atom. The third kappa shape index (κ3) is 2.11. The predicted molar refractivity (Wildman–Crippen MR) is 69.2 cm³/mol. The maximum absolute atomic E-state index is 11.9. The first-order chi connectivity index (χ1) is 8.51. The summed E-state index contributed by atoms with van der Waals surface area (Å²) in [5.41, 5.74) is 0.412. The maximum Gasteiger partial charge on any atom is 0.285 e. The lowest BCUT2D eigenvalue weighted by Crippen LogP contribution is -2.31. The topological polar surface area (TPSA) is 59.0 Å². The van der Waals surface area contributed by atoms with Crippen molar-refractivity contribution in [1.82, 2.24) is 5.06 Å². The second-order valence-corrected chi connectivity index (χ2v) is 5.60. The third-order valence-electron chi connectivity index (χ3n) is 2.49. The Kier molecular flexibility index (Phi) is 3.61. The van der Waals surface area contributed by atoms with Crippen molar-refractivity contribution < 1.29 is 13.3 Å². The standard InChI is InChI=1S/C11H13ClN2O3S/c1-3-14(17-4-2)11-10-8(12)6-5-7-9(10)18(15,16)13-11/h5-7H,3-4H2,1-2H3.